The molecule has 6 rings (SSSR count). The zero-order chi connectivity index (χ0) is 25.8. The number of carbonyl (C=O) groups excluding carboxylic acids is 3. The summed E-state index contributed by atoms with van der Waals surface area (Å²) in [6, 6.07) is 16.7. The molecular formula is C28H21ClFN3O4. The highest BCUT2D eigenvalue weighted by Crippen LogP contribution is 2.53. The molecule has 3 aliphatic heterocycles. The van der Waals surface area contributed by atoms with Gasteiger partial charge in [0.15, 0.2) is 0 Å². The molecule has 3 heterocycles. The van der Waals surface area contributed by atoms with E-state index in [1.807, 2.05) is 30.3 Å². The van der Waals surface area contributed by atoms with Crippen molar-refractivity contribution in [1.82, 2.24) is 4.90 Å². The van der Waals surface area contributed by atoms with E-state index < -0.39 is 47.5 Å². The number of halogens is 2. The maximum absolute atomic E-state index is 13.8. The van der Waals surface area contributed by atoms with Gasteiger partial charge in [-0.05, 0) is 59.7 Å². The number of carbonyl (C=O) groups is 3. The summed E-state index contributed by atoms with van der Waals surface area (Å²) in [6.07, 6.45) is 3.66. The molecule has 4 unspecified atom stereocenters. The topological polar surface area (TPSA) is 79.0 Å². The van der Waals surface area contributed by atoms with Crippen molar-refractivity contribution >= 4 is 46.8 Å². The summed E-state index contributed by atoms with van der Waals surface area (Å²) < 4.78 is 19.0. The minimum absolute atomic E-state index is 0.177. The second-order valence-corrected chi connectivity index (χ2v) is 9.57. The van der Waals surface area contributed by atoms with Crippen LogP contribution < -0.4 is 15.0 Å². The predicted molar refractivity (Wildman–Crippen MR) is 136 cm³/mol. The van der Waals surface area contributed by atoms with Gasteiger partial charge in [0.2, 0.25) is 17.7 Å². The van der Waals surface area contributed by atoms with Gasteiger partial charge in [0.1, 0.15) is 17.6 Å². The summed E-state index contributed by atoms with van der Waals surface area (Å²) in [5.74, 6) is -3.15. The van der Waals surface area contributed by atoms with Crippen LogP contribution in [0.2, 0.25) is 5.02 Å². The summed E-state index contributed by atoms with van der Waals surface area (Å²) in [5, 5.41) is 2.69. The van der Waals surface area contributed by atoms with Crippen LogP contribution in [0.25, 0.3) is 6.08 Å². The zero-order valence-corrected chi connectivity index (χ0v) is 20.4. The number of hydrogen-bond acceptors (Lipinski definition) is 5. The van der Waals surface area contributed by atoms with E-state index in [-0.39, 0.29) is 10.7 Å². The minimum Gasteiger partial charge on any atom is -0.497 e. The maximum atomic E-state index is 13.8. The number of nitrogens with one attached hydrogen (secondary N) is 1. The van der Waals surface area contributed by atoms with Crippen molar-refractivity contribution in [2.45, 2.75) is 12.1 Å². The predicted octanol–water partition coefficient (Wildman–Crippen LogP) is 4.64. The first-order chi connectivity index (χ1) is 17.9. The normalized spacial score (nSPS) is 23.5. The van der Waals surface area contributed by atoms with Gasteiger partial charge < -0.3 is 15.0 Å². The van der Waals surface area contributed by atoms with Crippen LogP contribution in [-0.2, 0) is 14.4 Å². The van der Waals surface area contributed by atoms with Crippen molar-refractivity contribution in [3.63, 3.8) is 0 Å². The second kappa shape index (κ2) is 8.74. The Bertz CT molecular complexity index is 1470. The van der Waals surface area contributed by atoms with Crippen LogP contribution in [0.3, 0.4) is 0 Å². The molecule has 0 spiro atoms. The van der Waals surface area contributed by atoms with Crippen LogP contribution in [0.15, 0.2) is 72.9 Å². The van der Waals surface area contributed by atoms with Crippen molar-refractivity contribution in [2.75, 3.05) is 17.3 Å². The van der Waals surface area contributed by atoms with Gasteiger partial charge in [0.05, 0.1) is 35.7 Å². The van der Waals surface area contributed by atoms with Crippen molar-refractivity contribution in [1.29, 1.82) is 0 Å². The van der Waals surface area contributed by atoms with Crippen molar-refractivity contribution in [3.8, 4) is 5.75 Å². The molecule has 2 saturated heterocycles. The second-order valence-electron chi connectivity index (χ2n) is 9.16. The molecule has 0 aromatic heterocycles. The molecule has 0 radical (unpaired) electrons. The fourth-order valence-electron chi connectivity index (χ4n) is 5.63. The minimum atomic E-state index is -0.949. The van der Waals surface area contributed by atoms with Gasteiger partial charge >= 0.3 is 0 Å². The van der Waals surface area contributed by atoms with E-state index in [9.17, 15) is 18.8 Å². The highest BCUT2D eigenvalue weighted by atomic mass is 35.5. The molecule has 1 N–H and O–H groups in total. The van der Waals surface area contributed by atoms with Gasteiger partial charge in [-0.15, -0.1) is 0 Å². The van der Waals surface area contributed by atoms with Crippen LogP contribution in [0.5, 0.6) is 5.75 Å². The molecule has 7 nitrogen and oxygen atoms in total. The van der Waals surface area contributed by atoms with Crippen LogP contribution in [0.1, 0.15) is 17.2 Å². The third-order valence-electron chi connectivity index (χ3n) is 7.25. The van der Waals surface area contributed by atoms with Gasteiger partial charge in [-0.2, -0.15) is 0 Å². The van der Waals surface area contributed by atoms with E-state index >= 15 is 0 Å². The van der Waals surface area contributed by atoms with E-state index in [1.54, 1.807) is 42.5 Å². The lowest BCUT2D eigenvalue weighted by atomic mass is 9.84. The van der Waals surface area contributed by atoms with E-state index in [1.165, 1.54) is 12.1 Å². The van der Waals surface area contributed by atoms with E-state index in [4.69, 9.17) is 16.3 Å². The maximum Gasteiger partial charge on any atom is 0.247 e. The van der Waals surface area contributed by atoms with Gasteiger partial charge in [-0.1, -0.05) is 35.9 Å². The Morgan fingerprint density at radius 1 is 1.00 bits per heavy atom. The molecule has 3 amide bonds. The SMILES string of the molecule is COc1ccc(NC(=O)C2C3C(=O)N(c4ccc(F)c(Cl)c4)C(=O)C3C3c4ccccc4C=CN23)cc1. The monoisotopic (exact) mass is 517 g/mol. The van der Waals surface area contributed by atoms with Crippen molar-refractivity contribution < 1.29 is 23.5 Å². The number of ether oxygens (including phenoxy) is 1. The lowest BCUT2D eigenvalue weighted by molar-refractivity contribution is -0.128. The van der Waals surface area contributed by atoms with Gasteiger partial charge in [-0.25, -0.2) is 9.29 Å². The number of rotatable bonds is 4. The lowest BCUT2D eigenvalue weighted by Crippen LogP contribution is -2.46. The van der Waals surface area contributed by atoms with Gasteiger partial charge in [0.25, 0.3) is 0 Å². The quantitative estimate of drug-likeness (QED) is 0.510. The third-order valence-corrected chi connectivity index (χ3v) is 7.54. The summed E-state index contributed by atoms with van der Waals surface area (Å²) in [7, 11) is 1.55. The number of anilines is 2. The summed E-state index contributed by atoms with van der Waals surface area (Å²) >= 11 is 5.96. The molecule has 37 heavy (non-hydrogen) atoms. The molecule has 2 fully saturated rings. The first-order valence-electron chi connectivity index (χ1n) is 11.7. The molecular weight excluding hydrogens is 497 g/mol. The molecule has 0 aliphatic carbocycles. The Morgan fingerprint density at radius 2 is 1.73 bits per heavy atom. The Labute approximate surface area is 217 Å². The molecule has 0 saturated carbocycles. The summed E-state index contributed by atoms with van der Waals surface area (Å²) in [5.41, 5.74) is 2.49. The number of benzene rings is 3. The summed E-state index contributed by atoms with van der Waals surface area (Å²) in [6.45, 7) is 0. The Kier molecular flexibility index (Phi) is 5.49. The number of amides is 3. The van der Waals surface area contributed by atoms with Gasteiger partial charge in [0, 0.05) is 11.9 Å². The molecule has 186 valence electrons. The molecule has 3 aromatic rings. The molecule has 9 heteroatoms. The fraction of sp³-hybridized carbons (Fsp3) is 0.179. The standard InChI is InChI=1S/C28H21ClFN3O4/c1-37-18-9-6-16(7-10-18)31-26(34)25-23-22(24-19-5-3-2-4-15(19)12-13-32(24)25)27(35)33(28(23)36)17-8-11-21(30)20(29)14-17/h2-14,22-25H,1H3,(H,31,34). The molecule has 3 aromatic carbocycles. The van der Waals surface area contributed by atoms with Crippen LogP contribution in [0.4, 0.5) is 15.8 Å². The van der Waals surface area contributed by atoms with Crippen LogP contribution >= 0.6 is 11.6 Å². The molecule has 4 atom stereocenters. The fourth-order valence-corrected chi connectivity index (χ4v) is 5.80. The Morgan fingerprint density at radius 3 is 2.46 bits per heavy atom. The number of imide groups is 1. The smallest absolute Gasteiger partial charge is 0.247 e. The van der Waals surface area contributed by atoms with Crippen LogP contribution in [-0.4, -0.2) is 35.8 Å². The van der Waals surface area contributed by atoms with E-state index in [0.29, 0.717) is 11.4 Å². The highest BCUT2D eigenvalue weighted by molar-refractivity contribution is 6.31. The summed E-state index contributed by atoms with van der Waals surface area (Å²) in [4.78, 5) is 44.2. The zero-order valence-electron chi connectivity index (χ0n) is 19.6. The van der Waals surface area contributed by atoms with Crippen molar-refractivity contribution in [2.24, 2.45) is 11.8 Å². The molecule has 3 aliphatic rings. The number of methoxy groups -OCH3 is 1. The van der Waals surface area contributed by atoms with Crippen LogP contribution in [0, 0.1) is 17.7 Å². The molecule has 0 bridgehead atoms. The highest BCUT2D eigenvalue weighted by Gasteiger charge is 2.64. The van der Waals surface area contributed by atoms with Crippen molar-refractivity contribution in [3.05, 3.63) is 94.9 Å². The van der Waals surface area contributed by atoms with E-state index in [2.05, 4.69) is 5.32 Å². The lowest BCUT2D eigenvalue weighted by Gasteiger charge is -2.35. The average Bonchev–Trinajstić information content (AvgIpc) is 3.38. The third kappa shape index (κ3) is 3.59. The average molecular weight is 518 g/mol. The number of fused-ring (bicyclic) bond motifs is 5. The van der Waals surface area contributed by atoms with E-state index in [0.717, 1.165) is 22.1 Å². The Hall–Kier alpha value is -4.17. The number of hydrogen-bond donors (Lipinski definition) is 1. The first kappa shape index (κ1) is 23.2. The number of nitrogens with zero attached hydrogens (tertiary/aromatic N) is 2. The largest absolute Gasteiger partial charge is 0.497 e. The first-order valence-corrected chi connectivity index (χ1v) is 12.1. The Balaban J connectivity index is 1.42. The van der Waals surface area contributed by atoms with Gasteiger partial charge in [-0.3, -0.25) is 14.4 Å².